The lowest BCUT2D eigenvalue weighted by Gasteiger charge is -2.32. The number of sulfonamides is 1. The smallest absolute Gasteiger partial charge is 0.264 e. The van der Waals surface area contributed by atoms with E-state index in [9.17, 15) is 18.0 Å². The van der Waals surface area contributed by atoms with Crippen LogP contribution in [-0.2, 0) is 26.2 Å². The highest BCUT2D eigenvalue weighted by Gasteiger charge is 2.32. The van der Waals surface area contributed by atoms with Gasteiger partial charge in [0, 0.05) is 18.1 Å². The third kappa shape index (κ3) is 8.61. The molecule has 0 aliphatic heterocycles. The van der Waals surface area contributed by atoms with E-state index in [1.54, 1.807) is 73.7 Å². The van der Waals surface area contributed by atoms with Crippen LogP contribution in [0, 0.1) is 5.92 Å². The number of rotatable bonds is 13. The average molecular weight is 634 g/mol. The maximum Gasteiger partial charge on any atom is 0.264 e. The van der Waals surface area contributed by atoms with E-state index in [-0.39, 0.29) is 29.0 Å². The normalized spacial score (nSPS) is 11.9. The molecule has 10 heteroatoms. The zero-order valence-electron chi connectivity index (χ0n) is 24.9. The number of nitrogens with zero attached hydrogens (tertiary/aromatic N) is 2. The Morgan fingerprint density at radius 2 is 1.43 bits per heavy atom. The summed E-state index contributed by atoms with van der Waals surface area (Å²) in [7, 11) is -4.18. The van der Waals surface area contributed by atoms with Crippen LogP contribution < -0.4 is 14.4 Å². The maximum atomic E-state index is 14.1. The molecule has 1 N–H and O–H groups in total. The molecule has 2 amide bonds. The molecule has 0 heterocycles. The van der Waals surface area contributed by atoms with Crippen LogP contribution in [0.15, 0.2) is 114 Å². The van der Waals surface area contributed by atoms with Crippen molar-refractivity contribution >= 4 is 39.1 Å². The van der Waals surface area contributed by atoms with Crippen molar-refractivity contribution in [3.8, 4) is 11.5 Å². The van der Waals surface area contributed by atoms with Gasteiger partial charge in [-0.2, -0.15) is 0 Å². The maximum absolute atomic E-state index is 14.1. The van der Waals surface area contributed by atoms with Gasteiger partial charge in [0.2, 0.25) is 11.8 Å². The monoisotopic (exact) mass is 633 g/mol. The molecule has 4 aromatic rings. The molecular formula is C34H36ClN3O5S. The van der Waals surface area contributed by atoms with Gasteiger partial charge in [-0.15, -0.1) is 0 Å². The Kier molecular flexibility index (Phi) is 11.0. The summed E-state index contributed by atoms with van der Waals surface area (Å²) < 4.78 is 34.9. The van der Waals surface area contributed by atoms with E-state index < -0.39 is 28.5 Å². The Morgan fingerprint density at radius 1 is 0.818 bits per heavy atom. The SMILES string of the molecule is CC(C)CNC(=O)[C@H](C)N(Cc1cccc(Cl)c1)C(=O)CN(c1ccc(Oc2ccccc2)cc1)S(=O)(=O)c1ccccc1. The van der Waals surface area contributed by atoms with E-state index in [2.05, 4.69) is 5.32 Å². The van der Waals surface area contributed by atoms with Crippen molar-refractivity contribution in [2.24, 2.45) is 5.92 Å². The third-order valence-corrected chi connectivity index (χ3v) is 8.83. The van der Waals surface area contributed by atoms with Gasteiger partial charge < -0.3 is 15.0 Å². The summed E-state index contributed by atoms with van der Waals surface area (Å²) in [6, 6.07) is 29.7. The summed E-state index contributed by atoms with van der Waals surface area (Å²) in [6.07, 6.45) is 0. The van der Waals surface area contributed by atoms with Crippen LogP contribution in [0.1, 0.15) is 26.3 Å². The van der Waals surface area contributed by atoms with Crippen molar-refractivity contribution in [1.29, 1.82) is 0 Å². The number of para-hydroxylation sites is 1. The fourth-order valence-corrected chi connectivity index (χ4v) is 6.07. The van der Waals surface area contributed by atoms with Gasteiger partial charge in [-0.3, -0.25) is 13.9 Å². The number of carbonyl (C=O) groups is 2. The van der Waals surface area contributed by atoms with Gasteiger partial charge in [0.05, 0.1) is 10.6 Å². The molecule has 8 nitrogen and oxygen atoms in total. The van der Waals surface area contributed by atoms with Crippen LogP contribution in [0.2, 0.25) is 5.02 Å². The molecule has 0 saturated heterocycles. The molecule has 0 bridgehead atoms. The Bertz CT molecular complexity index is 1650. The summed E-state index contributed by atoms with van der Waals surface area (Å²) in [5.41, 5.74) is 0.969. The molecule has 0 spiro atoms. The second-order valence-corrected chi connectivity index (χ2v) is 13.0. The predicted molar refractivity (Wildman–Crippen MR) is 173 cm³/mol. The van der Waals surface area contributed by atoms with Crippen LogP contribution in [0.3, 0.4) is 0 Å². The predicted octanol–water partition coefficient (Wildman–Crippen LogP) is 6.52. The Hall–Kier alpha value is -4.34. The number of halogens is 1. The molecule has 0 radical (unpaired) electrons. The lowest BCUT2D eigenvalue weighted by molar-refractivity contribution is -0.139. The fourth-order valence-electron chi connectivity index (χ4n) is 4.42. The highest BCUT2D eigenvalue weighted by Crippen LogP contribution is 2.28. The van der Waals surface area contributed by atoms with Crippen molar-refractivity contribution in [2.75, 3.05) is 17.4 Å². The number of amides is 2. The van der Waals surface area contributed by atoms with E-state index >= 15 is 0 Å². The molecule has 0 aliphatic rings. The first-order valence-corrected chi connectivity index (χ1v) is 16.1. The van der Waals surface area contributed by atoms with Crippen molar-refractivity contribution in [3.63, 3.8) is 0 Å². The van der Waals surface area contributed by atoms with Crippen LogP contribution >= 0.6 is 11.6 Å². The van der Waals surface area contributed by atoms with Crippen molar-refractivity contribution in [1.82, 2.24) is 10.2 Å². The number of anilines is 1. The lowest BCUT2D eigenvalue weighted by atomic mass is 10.1. The van der Waals surface area contributed by atoms with Crippen molar-refractivity contribution in [2.45, 2.75) is 38.3 Å². The average Bonchev–Trinajstić information content (AvgIpc) is 3.02. The van der Waals surface area contributed by atoms with Gasteiger partial charge in [0.15, 0.2) is 0 Å². The number of ether oxygens (including phenoxy) is 1. The molecule has 0 fully saturated rings. The highest BCUT2D eigenvalue weighted by atomic mass is 35.5. The Morgan fingerprint density at radius 3 is 2.05 bits per heavy atom. The van der Waals surface area contributed by atoms with E-state index in [4.69, 9.17) is 16.3 Å². The summed E-state index contributed by atoms with van der Waals surface area (Å²) in [4.78, 5) is 28.6. The fraction of sp³-hybridized carbons (Fsp3) is 0.235. The minimum Gasteiger partial charge on any atom is -0.457 e. The van der Waals surface area contributed by atoms with Gasteiger partial charge >= 0.3 is 0 Å². The van der Waals surface area contributed by atoms with Gasteiger partial charge in [-0.1, -0.05) is 74.0 Å². The number of benzene rings is 4. The zero-order chi connectivity index (χ0) is 31.7. The topological polar surface area (TPSA) is 96.0 Å². The van der Waals surface area contributed by atoms with Crippen LogP contribution in [0.25, 0.3) is 0 Å². The standard InChI is InChI=1S/C34H36ClN3O5S/c1-25(2)22-36-34(40)26(3)37(23-27-11-10-12-28(35)21-27)33(39)24-38(44(41,42)32-15-8-5-9-16-32)29-17-19-31(20-18-29)43-30-13-6-4-7-14-30/h4-21,25-26H,22-24H2,1-3H3,(H,36,40)/t26-/m0/s1. The summed E-state index contributed by atoms with van der Waals surface area (Å²) >= 11 is 6.21. The first kappa shape index (κ1) is 32.6. The minimum atomic E-state index is -4.18. The van der Waals surface area contributed by atoms with E-state index in [1.165, 1.54) is 17.0 Å². The second kappa shape index (κ2) is 14.9. The highest BCUT2D eigenvalue weighted by molar-refractivity contribution is 7.92. The molecule has 0 aliphatic carbocycles. The quantitative estimate of drug-likeness (QED) is 0.181. The zero-order valence-corrected chi connectivity index (χ0v) is 26.5. The molecule has 0 saturated carbocycles. The summed E-state index contributed by atoms with van der Waals surface area (Å²) in [5.74, 6) is 0.450. The minimum absolute atomic E-state index is 0.0292. The molecule has 0 unspecified atom stereocenters. The van der Waals surface area contributed by atoms with Crippen molar-refractivity contribution < 1.29 is 22.7 Å². The first-order valence-electron chi connectivity index (χ1n) is 14.3. The largest absolute Gasteiger partial charge is 0.457 e. The molecule has 0 aromatic heterocycles. The van der Waals surface area contributed by atoms with Gasteiger partial charge in [0.1, 0.15) is 24.1 Å². The molecule has 44 heavy (non-hydrogen) atoms. The van der Waals surface area contributed by atoms with E-state index in [1.807, 2.05) is 44.2 Å². The molecule has 230 valence electrons. The second-order valence-electron chi connectivity index (χ2n) is 10.7. The summed E-state index contributed by atoms with van der Waals surface area (Å²) in [6.45, 7) is 5.53. The van der Waals surface area contributed by atoms with E-state index in [0.717, 1.165) is 4.31 Å². The first-order chi connectivity index (χ1) is 21.0. The van der Waals surface area contributed by atoms with Crippen LogP contribution in [0.4, 0.5) is 5.69 Å². The number of carbonyl (C=O) groups excluding carboxylic acids is 2. The third-order valence-electron chi connectivity index (χ3n) is 6.81. The van der Waals surface area contributed by atoms with E-state index in [0.29, 0.717) is 28.6 Å². The van der Waals surface area contributed by atoms with Gasteiger partial charge in [-0.25, -0.2) is 8.42 Å². The molecule has 4 rings (SSSR count). The van der Waals surface area contributed by atoms with Crippen LogP contribution in [-0.4, -0.2) is 44.3 Å². The van der Waals surface area contributed by atoms with Gasteiger partial charge in [0.25, 0.3) is 10.0 Å². The summed E-state index contributed by atoms with van der Waals surface area (Å²) in [5, 5.41) is 3.36. The van der Waals surface area contributed by atoms with Crippen LogP contribution in [0.5, 0.6) is 11.5 Å². The number of hydrogen-bond donors (Lipinski definition) is 1. The number of hydrogen-bond acceptors (Lipinski definition) is 5. The Labute approximate surface area is 264 Å². The van der Waals surface area contributed by atoms with Gasteiger partial charge in [-0.05, 0) is 79.1 Å². The molecule has 4 aromatic carbocycles. The number of nitrogens with one attached hydrogen (secondary N) is 1. The molecular weight excluding hydrogens is 598 g/mol. The van der Waals surface area contributed by atoms with Crippen molar-refractivity contribution in [3.05, 3.63) is 120 Å². The lowest BCUT2D eigenvalue weighted by Crippen LogP contribution is -2.51. The molecule has 1 atom stereocenters. The Balaban J connectivity index is 1.68.